The monoisotopic (exact) mass is 283 g/mol. The van der Waals surface area contributed by atoms with Crippen molar-refractivity contribution in [1.29, 1.82) is 0 Å². The quantitative estimate of drug-likeness (QED) is 0.849. The third kappa shape index (κ3) is 2.35. The maximum Gasteiger partial charge on any atom is 0.221 e. The van der Waals surface area contributed by atoms with E-state index in [0.717, 1.165) is 28.9 Å². The maximum absolute atomic E-state index is 11.2. The number of anilines is 1. The fourth-order valence-electron chi connectivity index (χ4n) is 1.73. The Balaban J connectivity index is 2.23. The predicted octanol–water partition coefficient (Wildman–Crippen LogP) is 1.48. The zero-order valence-corrected chi connectivity index (χ0v) is 10.7. The first-order chi connectivity index (χ1) is 7.68. The second-order valence-electron chi connectivity index (χ2n) is 3.85. The molecule has 1 saturated heterocycles. The van der Waals surface area contributed by atoms with Crippen LogP contribution in [0.5, 0.6) is 0 Å². The summed E-state index contributed by atoms with van der Waals surface area (Å²) in [6.45, 7) is 4.25. The molecule has 1 aromatic rings. The minimum Gasteiger partial charge on any atom is -0.354 e. The molecular weight excluding hydrogens is 270 g/mol. The van der Waals surface area contributed by atoms with Gasteiger partial charge in [0.1, 0.15) is 5.82 Å². The number of hydrogen-bond donors (Lipinski definition) is 1. The fourth-order valence-corrected chi connectivity index (χ4v) is 2.21. The summed E-state index contributed by atoms with van der Waals surface area (Å²) in [5.41, 5.74) is 1.16. The molecule has 4 nitrogen and oxygen atoms in total. The van der Waals surface area contributed by atoms with Crippen LogP contribution in [0.1, 0.15) is 12.0 Å². The van der Waals surface area contributed by atoms with Crippen LogP contribution in [-0.4, -0.2) is 30.5 Å². The first-order valence-electron chi connectivity index (χ1n) is 5.31. The van der Waals surface area contributed by atoms with Crippen LogP contribution in [0.4, 0.5) is 5.82 Å². The molecule has 1 amide bonds. The maximum atomic E-state index is 11.2. The normalized spacial score (nSPS) is 16.9. The molecule has 1 fully saturated rings. The lowest BCUT2D eigenvalue weighted by Crippen LogP contribution is -2.29. The number of carbonyl (C=O) groups is 1. The SMILES string of the molecule is Cc1ccnc(N2CCNC(=O)CC2)c1Br. The summed E-state index contributed by atoms with van der Waals surface area (Å²) in [6.07, 6.45) is 2.33. The van der Waals surface area contributed by atoms with E-state index in [1.807, 2.05) is 13.0 Å². The third-order valence-electron chi connectivity index (χ3n) is 2.68. The van der Waals surface area contributed by atoms with E-state index in [2.05, 4.69) is 31.1 Å². The van der Waals surface area contributed by atoms with Crippen LogP contribution in [-0.2, 0) is 4.79 Å². The Labute approximate surface area is 103 Å². The predicted molar refractivity (Wildman–Crippen MR) is 66.5 cm³/mol. The van der Waals surface area contributed by atoms with Gasteiger partial charge in [0.15, 0.2) is 0 Å². The lowest BCUT2D eigenvalue weighted by atomic mass is 10.3. The van der Waals surface area contributed by atoms with Crippen LogP contribution in [0.15, 0.2) is 16.7 Å². The molecule has 0 saturated carbocycles. The lowest BCUT2D eigenvalue weighted by molar-refractivity contribution is -0.120. The van der Waals surface area contributed by atoms with Gasteiger partial charge in [-0.05, 0) is 34.5 Å². The van der Waals surface area contributed by atoms with Crippen LogP contribution in [0, 0.1) is 6.92 Å². The molecule has 0 radical (unpaired) electrons. The fraction of sp³-hybridized carbons (Fsp3) is 0.455. The first kappa shape index (κ1) is 11.4. The number of hydrogen-bond acceptors (Lipinski definition) is 3. The van der Waals surface area contributed by atoms with Crippen molar-refractivity contribution in [3.63, 3.8) is 0 Å². The van der Waals surface area contributed by atoms with Crippen LogP contribution >= 0.6 is 15.9 Å². The number of nitrogens with one attached hydrogen (secondary N) is 1. The molecule has 0 aromatic carbocycles. The van der Waals surface area contributed by atoms with Gasteiger partial charge in [-0.25, -0.2) is 4.98 Å². The summed E-state index contributed by atoms with van der Waals surface area (Å²) in [5.74, 6) is 1.04. The van der Waals surface area contributed by atoms with Gasteiger partial charge in [-0.3, -0.25) is 4.79 Å². The number of nitrogens with zero attached hydrogens (tertiary/aromatic N) is 2. The molecule has 0 aliphatic carbocycles. The van der Waals surface area contributed by atoms with Gasteiger partial charge < -0.3 is 10.2 Å². The van der Waals surface area contributed by atoms with Crippen LogP contribution < -0.4 is 10.2 Å². The van der Waals surface area contributed by atoms with E-state index < -0.39 is 0 Å². The smallest absolute Gasteiger partial charge is 0.221 e. The highest BCUT2D eigenvalue weighted by Crippen LogP contribution is 2.26. The first-order valence-corrected chi connectivity index (χ1v) is 6.10. The zero-order valence-electron chi connectivity index (χ0n) is 9.16. The molecular formula is C11H14BrN3O. The molecule has 1 aliphatic rings. The molecule has 1 aromatic heterocycles. The number of aromatic nitrogens is 1. The average Bonchev–Trinajstić information content (AvgIpc) is 2.47. The molecule has 0 atom stereocenters. The van der Waals surface area contributed by atoms with E-state index in [0.29, 0.717) is 13.0 Å². The van der Waals surface area contributed by atoms with E-state index in [-0.39, 0.29) is 5.91 Å². The van der Waals surface area contributed by atoms with Gasteiger partial charge in [-0.15, -0.1) is 0 Å². The Morgan fingerprint density at radius 1 is 1.50 bits per heavy atom. The number of aryl methyl sites for hydroxylation is 1. The van der Waals surface area contributed by atoms with E-state index in [4.69, 9.17) is 0 Å². The molecule has 0 spiro atoms. The van der Waals surface area contributed by atoms with Gasteiger partial charge in [-0.1, -0.05) is 0 Å². The molecule has 86 valence electrons. The Morgan fingerprint density at radius 2 is 2.31 bits per heavy atom. The topological polar surface area (TPSA) is 45.2 Å². The van der Waals surface area contributed by atoms with Crippen molar-refractivity contribution in [2.24, 2.45) is 0 Å². The highest BCUT2D eigenvalue weighted by atomic mass is 79.9. The Bertz CT molecular complexity index is 408. The molecule has 0 bridgehead atoms. The van der Waals surface area contributed by atoms with E-state index >= 15 is 0 Å². The minimum absolute atomic E-state index is 0.117. The Kier molecular flexibility index (Phi) is 3.43. The number of pyridine rings is 1. The molecule has 5 heteroatoms. The summed E-state index contributed by atoms with van der Waals surface area (Å²) in [5, 5.41) is 2.85. The lowest BCUT2D eigenvalue weighted by Gasteiger charge is -2.22. The van der Waals surface area contributed by atoms with Crippen molar-refractivity contribution < 1.29 is 4.79 Å². The highest BCUT2D eigenvalue weighted by Gasteiger charge is 2.17. The van der Waals surface area contributed by atoms with Crippen molar-refractivity contribution in [1.82, 2.24) is 10.3 Å². The van der Waals surface area contributed by atoms with Crippen LogP contribution in [0.3, 0.4) is 0 Å². The van der Waals surface area contributed by atoms with E-state index in [9.17, 15) is 4.79 Å². The standard InChI is InChI=1S/C11H14BrN3O/c1-8-2-4-14-11(10(8)12)15-6-3-9(16)13-5-7-15/h2,4H,3,5-7H2,1H3,(H,13,16). The number of amides is 1. The summed E-state index contributed by atoms with van der Waals surface area (Å²) < 4.78 is 1.02. The number of rotatable bonds is 1. The van der Waals surface area contributed by atoms with Crippen molar-refractivity contribution >= 4 is 27.7 Å². The molecule has 1 aliphatic heterocycles. The highest BCUT2D eigenvalue weighted by molar-refractivity contribution is 9.10. The summed E-state index contributed by atoms with van der Waals surface area (Å²) in [6, 6.07) is 1.97. The van der Waals surface area contributed by atoms with Crippen molar-refractivity contribution in [2.75, 3.05) is 24.5 Å². The van der Waals surface area contributed by atoms with Crippen molar-refractivity contribution in [3.8, 4) is 0 Å². The van der Waals surface area contributed by atoms with Gasteiger partial charge in [-0.2, -0.15) is 0 Å². The summed E-state index contributed by atoms with van der Waals surface area (Å²) in [7, 11) is 0. The molecule has 16 heavy (non-hydrogen) atoms. The average molecular weight is 284 g/mol. The van der Waals surface area contributed by atoms with Crippen LogP contribution in [0.25, 0.3) is 0 Å². The second kappa shape index (κ2) is 4.82. The van der Waals surface area contributed by atoms with E-state index in [1.165, 1.54) is 0 Å². The van der Waals surface area contributed by atoms with Crippen molar-refractivity contribution in [3.05, 3.63) is 22.3 Å². The third-order valence-corrected chi connectivity index (χ3v) is 3.66. The number of halogens is 1. The summed E-state index contributed by atoms with van der Waals surface area (Å²) in [4.78, 5) is 17.7. The Hall–Kier alpha value is -1.10. The molecule has 2 heterocycles. The van der Waals surface area contributed by atoms with E-state index in [1.54, 1.807) is 6.20 Å². The molecule has 1 N–H and O–H groups in total. The van der Waals surface area contributed by atoms with Crippen LogP contribution in [0.2, 0.25) is 0 Å². The molecule has 2 rings (SSSR count). The van der Waals surface area contributed by atoms with Gasteiger partial charge in [0, 0.05) is 32.3 Å². The second-order valence-corrected chi connectivity index (χ2v) is 4.65. The largest absolute Gasteiger partial charge is 0.354 e. The van der Waals surface area contributed by atoms with Gasteiger partial charge >= 0.3 is 0 Å². The zero-order chi connectivity index (χ0) is 11.5. The van der Waals surface area contributed by atoms with Gasteiger partial charge in [0.25, 0.3) is 0 Å². The molecule has 0 unspecified atom stereocenters. The summed E-state index contributed by atoms with van der Waals surface area (Å²) >= 11 is 3.55. The number of carbonyl (C=O) groups excluding carboxylic acids is 1. The van der Waals surface area contributed by atoms with Gasteiger partial charge in [0.2, 0.25) is 5.91 Å². The van der Waals surface area contributed by atoms with Gasteiger partial charge in [0.05, 0.1) is 4.47 Å². The minimum atomic E-state index is 0.117. The van der Waals surface area contributed by atoms with Crippen molar-refractivity contribution in [2.45, 2.75) is 13.3 Å². The Morgan fingerprint density at radius 3 is 3.12 bits per heavy atom.